The lowest BCUT2D eigenvalue weighted by Crippen LogP contribution is -2.34. The first-order valence-corrected chi connectivity index (χ1v) is 5.55. The molecule has 0 fully saturated rings. The molecule has 0 amide bonds. The predicted molar refractivity (Wildman–Crippen MR) is 81.1 cm³/mol. The van der Waals surface area contributed by atoms with Gasteiger partial charge in [-0.05, 0) is 0 Å². The van der Waals surface area contributed by atoms with Crippen molar-refractivity contribution in [1.29, 1.82) is 0 Å². The Morgan fingerprint density at radius 2 is 2.25 bits per heavy atom. The van der Waals surface area contributed by atoms with Crippen LogP contribution in [-0.4, -0.2) is 39.1 Å². The zero-order valence-corrected chi connectivity index (χ0v) is 13.1. The summed E-state index contributed by atoms with van der Waals surface area (Å²) < 4.78 is 0. The molecule has 1 aromatic heterocycles. The van der Waals surface area contributed by atoms with Crippen molar-refractivity contribution >= 4 is 46.4 Å². The topological polar surface area (TPSA) is 52.6 Å². The van der Waals surface area contributed by atoms with Crippen molar-refractivity contribution in [3.05, 3.63) is 11.1 Å². The first kappa shape index (κ1) is 15.4. The summed E-state index contributed by atoms with van der Waals surface area (Å²) in [6.07, 6.45) is 0. The molecule has 0 aliphatic heterocycles. The Hall–Kier alpha value is -0.570. The van der Waals surface area contributed by atoms with Gasteiger partial charge in [0, 0.05) is 33.6 Å². The Balaban J connectivity index is 0.00000225. The van der Waals surface area contributed by atoms with Crippen molar-refractivity contribution in [1.82, 2.24) is 15.6 Å². The van der Waals surface area contributed by atoms with E-state index in [1.807, 2.05) is 31.4 Å². The van der Waals surface area contributed by atoms with E-state index in [2.05, 4.69) is 20.6 Å². The summed E-state index contributed by atoms with van der Waals surface area (Å²) in [7, 11) is 7.55. The van der Waals surface area contributed by atoms with Crippen molar-refractivity contribution in [2.45, 2.75) is 6.54 Å². The highest BCUT2D eigenvalue weighted by molar-refractivity contribution is 14.0. The van der Waals surface area contributed by atoms with Gasteiger partial charge in [0.2, 0.25) is 0 Å². The standard InChI is InChI=1S/C9H17N5S.HI/c1-10-8(11-2)12-5-7-6-15-9(13-7)14(3)4;/h6H,5H2,1-4H3,(H2,10,11,12);1H. The molecule has 0 aromatic carbocycles. The van der Waals surface area contributed by atoms with Crippen LogP contribution < -0.4 is 15.5 Å². The predicted octanol–water partition coefficient (Wildman–Crippen LogP) is 1.12. The molecule has 0 bridgehead atoms. The van der Waals surface area contributed by atoms with Gasteiger partial charge in [0.1, 0.15) is 0 Å². The molecule has 92 valence electrons. The van der Waals surface area contributed by atoms with Crippen LogP contribution in [0.1, 0.15) is 5.69 Å². The van der Waals surface area contributed by atoms with Crippen LogP contribution in [0.5, 0.6) is 0 Å². The molecule has 0 unspecified atom stereocenters. The molecular formula is C9H18IN5S. The van der Waals surface area contributed by atoms with Gasteiger partial charge < -0.3 is 15.5 Å². The molecule has 0 aliphatic rings. The van der Waals surface area contributed by atoms with Gasteiger partial charge in [-0.1, -0.05) is 0 Å². The fourth-order valence-electron chi connectivity index (χ4n) is 1.04. The van der Waals surface area contributed by atoms with E-state index >= 15 is 0 Å². The summed E-state index contributed by atoms with van der Waals surface area (Å²) in [5.74, 6) is 0.773. The quantitative estimate of drug-likeness (QED) is 0.485. The van der Waals surface area contributed by atoms with Crippen LogP contribution >= 0.6 is 35.3 Å². The van der Waals surface area contributed by atoms with Gasteiger partial charge in [-0.25, -0.2) is 4.98 Å². The fraction of sp³-hybridized carbons (Fsp3) is 0.556. The molecule has 2 N–H and O–H groups in total. The maximum Gasteiger partial charge on any atom is 0.191 e. The van der Waals surface area contributed by atoms with Crippen molar-refractivity contribution in [3.8, 4) is 0 Å². The van der Waals surface area contributed by atoms with E-state index < -0.39 is 0 Å². The summed E-state index contributed by atoms with van der Waals surface area (Å²) in [5.41, 5.74) is 1.03. The monoisotopic (exact) mass is 355 g/mol. The number of rotatable bonds is 3. The number of thiazole rings is 1. The average Bonchev–Trinajstić information content (AvgIpc) is 2.68. The molecule has 7 heteroatoms. The second kappa shape index (κ2) is 7.66. The lowest BCUT2D eigenvalue weighted by atomic mass is 10.5. The van der Waals surface area contributed by atoms with Gasteiger partial charge in [0.25, 0.3) is 0 Å². The third kappa shape index (κ3) is 4.52. The van der Waals surface area contributed by atoms with Gasteiger partial charge in [-0.2, -0.15) is 0 Å². The van der Waals surface area contributed by atoms with E-state index in [9.17, 15) is 0 Å². The number of hydrogen-bond donors (Lipinski definition) is 2. The van der Waals surface area contributed by atoms with Crippen LogP contribution in [0.15, 0.2) is 10.4 Å². The second-order valence-corrected chi connectivity index (χ2v) is 4.03. The third-order valence-corrected chi connectivity index (χ3v) is 2.88. The molecule has 0 radical (unpaired) electrons. The summed E-state index contributed by atoms with van der Waals surface area (Å²) in [4.78, 5) is 10.5. The van der Waals surface area contributed by atoms with Crippen molar-refractivity contribution < 1.29 is 0 Å². The Bertz CT molecular complexity index is 336. The summed E-state index contributed by atoms with van der Waals surface area (Å²) in [6, 6.07) is 0. The Labute approximate surface area is 117 Å². The maximum atomic E-state index is 4.45. The van der Waals surface area contributed by atoms with Crippen molar-refractivity contribution in [2.24, 2.45) is 4.99 Å². The van der Waals surface area contributed by atoms with Gasteiger partial charge in [-0.15, -0.1) is 35.3 Å². The molecule has 0 spiro atoms. The molecule has 1 rings (SSSR count). The molecule has 0 atom stereocenters. The van der Waals surface area contributed by atoms with Crippen LogP contribution in [0.2, 0.25) is 0 Å². The van der Waals surface area contributed by atoms with E-state index in [1.54, 1.807) is 18.4 Å². The van der Waals surface area contributed by atoms with Gasteiger partial charge in [-0.3, -0.25) is 4.99 Å². The maximum absolute atomic E-state index is 4.45. The highest BCUT2D eigenvalue weighted by atomic mass is 127. The average molecular weight is 355 g/mol. The number of anilines is 1. The van der Waals surface area contributed by atoms with Crippen LogP contribution in [0.3, 0.4) is 0 Å². The number of guanidine groups is 1. The molecule has 5 nitrogen and oxygen atoms in total. The smallest absolute Gasteiger partial charge is 0.191 e. The fourth-order valence-corrected chi connectivity index (χ4v) is 1.79. The second-order valence-electron chi connectivity index (χ2n) is 3.19. The molecular weight excluding hydrogens is 337 g/mol. The SMILES string of the molecule is CN=C(NC)NCc1csc(N(C)C)n1.I. The largest absolute Gasteiger partial charge is 0.359 e. The minimum absolute atomic E-state index is 0. The zero-order chi connectivity index (χ0) is 11.3. The molecule has 0 saturated carbocycles. The van der Waals surface area contributed by atoms with Gasteiger partial charge in [0.05, 0.1) is 12.2 Å². The molecule has 16 heavy (non-hydrogen) atoms. The molecule has 1 aromatic rings. The van der Waals surface area contributed by atoms with E-state index in [0.29, 0.717) is 6.54 Å². The Kier molecular flexibility index (Phi) is 7.39. The number of nitrogens with zero attached hydrogens (tertiary/aromatic N) is 3. The summed E-state index contributed by atoms with van der Waals surface area (Å²) in [5, 5.41) is 9.17. The van der Waals surface area contributed by atoms with Crippen LogP contribution in [0.4, 0.5) is 5.13 Å². The lowest BCUT2D eigenvalue weighted by molar-refractivity contribution is 0.842. The van der Waals surface area contributed by atoms with Crippen molar-refractivity contribution in [3.63, 3.8) is 0 Å². The summed E-state index contributed by atoms with van der Waals surface area (Å²) >= 11 is 1.64. The first-order valence-electron chi connectivity index (χ1n) is 4.67. The number of nitrogens with one attached hydrogen (secondary N) is 2. The molecule has 0 aliphatic carbocycles. The molecule has 0 saturated heterocycles. The van der Waals surface area contributed by atoms with Crippen LogP contribution in [0, 0.1) is 0 Å². The highest BCUT2D eigenvalue weighted by Crippen LogP contribution is 2.17. The summed E-state index contributed by atoms with van der Waals surface area (Å²) in [6.45, 7) is 0.692. The Morgan fingerprint density at radius 3 is 2.69 bits per heavy atom. The van der Waals surface area contributed by atoms with Crippen molar-refractivity contribution in [2.75, 3.05) is 33.1 Å². The van der Waals surface area contributed by atoms with Crippen LogP contribution in [-0.2, 0) is 6.54 Å². The number of aromatic nitrogens is 1. The minimum atomic E-state index is 0. The third-order valence-electron chi connectivity index (χ3n) is 1.82. The van der Waals surface area contributed by atoms with Crippen LogP contribution in [0.25, 0.3) is 0 Å². The van der Waals surface area contributed by atoms with E-state index in [4.69, 9.17) is 0 Å². The normalized spacial score (nSPS) is 10.6. The van der Waals surface area contributed by atoms with E-state index in [-0.39, 0.29) is 24.0 Å². The van der Waals surface area contributed by atoms with Gasteiger partial charge >= 0.3 is 0 Å². The number of halogens is 1. The minimum Gasteiger partial charge on any atom is -0.359 e. The van der Waals surface area contributed by atoms with E-state index in [0.717, 1.165) is 16.8 Å². The lowest BCUT2D eigenvalue weighted by Gasteiger charge is -2.07. The van der Waals surface area contributed by atoms with E-state index in [1.165, 1.54) is 0 Å². The number of hydrogen-bond acceptors (Lipinski definition) is 4. The zero-order valence-electron chi connectivity index (χ0n) is 9.94. The highest BCUT2D eigenvalue weighted by Gasteiger charge is 2.03. The Morgan fingerprint density at radius 1 is 1.56 bits per heavy atom. The number of aliphatic imine (C=N–C) groups is 1. The molecule has 1 heterocycles. The van der Waals surface area contributed by atoms with Gasteiger partial charge in [0.15, 0.2) is 11.1 Å². The first-order chi connectivity index (χ1) is 7.17.